The second-order valence-electron chi connectivity index (χ2n) is 4.99. The summed E-state index contributed by atoms with van der Waals surface area (Å²) in [6.07, 6.45) is 1.41. The van der Waals surface area contributed by atoms with E-state index in [-0.39, 0.29) is 11.1 Å². The highest BCUT2D eigenvalue weighted by Crippen LogP contribution is 2.17. The van der Waals surface area contributed by atoms with Crippen molar-refractivity contribution in [2.24, 2.45) is 0 Å². The molecule has 1 aromatic rings. The highest BCUT2D eigenvalue weighted by molar-refractivity contribution is 7.87. The second kappa shape index (κ2) is 6.01. The van der Waals surface area contributed by atoms with Crippen molar-refractivity contribution >= 4 is 22.1 Å². The minimum absolute atomic E-state index is 0.164. The van der Waals surface area contributed by atoms with Crippen molar-refractivity contribution in [3.8, 4) is 0 Å². The maximum Gasteiger partial charge on any atom is 0.336 e. The van der Waals surface area contributed by atoms with Gasteiger partial charge in [0.15, 0.2) is 0 Å². The first-order chi connectivity index (χ1) is 10.2. The largest absolute Gasteiger partial charge is 0.478 e. The van der Waals surface area contributed by atoms with Crippen molar-refractivity contribution < 1.29 is 27.5 Å². The van der Waals surface area contributed by atoms with Crippen LogP contribution < -0.4 is 4.72 Å². The van der Waals surface area contributed by atoms with Gasteiger partial charge in [-0.3, -0.25) is 4.79 Å². The first kappa shape index (κ1) is 16.4. The fourth-order valence-electron chi connectivity index (χ4n) is 2.25. The number of nitrogens with one attached hydrogen (secondary N) is 1. The first-order valence-electron chi connectivity index (χ1n) is 6.58. The van der Waals surface area contributed by atoms with E-state index in [1.165, 1.54) is 6.92 Å². The number of carbonyl (C=O) groups excluding carboxylic acids is 1. The number of carbonyl (C=O) groups is 2. The van der Waals surface area contributed by atoms with E-state index in [0.717, 1.165) is 10.4 Å². The lowest BCUT2D eigenvalue weighted by molar-refractivity contribution is 0.0694. The summed E-state index contributed by atoms with van der Waals surface area (Å²) in [6, 6.07) is 1.72. The van der Waals surface area contributed by atoms with Gasteiger partial charge in [-0.25, -0.2) is 13.9 Å². The Hall–Kier alpha value is -2.00. The van der Waals surface area contributed by atoms with Crippen molar-refractivity contribution in [1.82, 2.24) is 9.03 Å². The summed E-state index contributed by atoms with van der Waals surface area (Å²) in [5.41, 5.74) is -0.626. The molecule has 1 aliphatic rings. The topological polar surface area (TPSA) is 104 Å². The summed E-state index contributed by atoms with van der Waals surface area (Å²) in [4.78, 5) is 22.9. The zero-order valence-electron chi connectivity index (χ0n) is 11.8. The van der Waals surface area contributed by atoms with Gasteiger partial charge in [0.25, 0.3) is 5.91 Å². The van der Waals surface area contributed by atoms with Crippen LogP contribution in [0.5, 0.6) is 0 Å². The molecule has 1 aliphatic heterocycles. The number of aryl methyl sites for hydroxylation is 1. The van der Waals surface area contributed by atoms with Gasteiger partial charge in [0.05, 0.1) is 11.1 Å². The second-order valence-corrected chi connectivity index (χ2v) is 6.67. The van der Waals surface area contributed by atoms with Crippen molar-refractivity contribution in [3.63, 3.8) is 0 Å². The van der Waals surface area contributed by atoms with E-state index >= 15 is 0 Å². The molecule has 1 amide bonds. The van der Waals surface area contributed by atoms with Gasteiger partial charge in [0.2, 0.25) is 0 Å². The van der Waals surface area contributed by atoms with Crippen molar-refractivity contribution in [1.29, 1.82) is 0 Å². The molecule has 1 aromatic carbocycles. The molecule has 9 heteroatoms. The molecule has 0 spiro atoms. The molecular formula is C13H15FN2O5S. The number of nitrogens with zero attached hydrogens (tertiary/aromatic N) is 1. The molecule has 2 rings (SSSR count). The summed E-state index contributed by atoms with van der Waals surface area (Å²) in [7, 11) is -4.01. The van der Waals surface area contributed by atoms with Gasteiger partial charge in [0.1, 0.15) is 5.82 Å². The molecule has 120 valence electrons. The Labute approximate surface area is 126 Å². The molecule has 1 heterocycles. The maximum absolute atomic E-state index is 13.9. The maximum atomic E-state index is 13.9. The average Bonchev–Trinajstić information content (AvgIpc) is 2.94. The predicted molar refractivity (Wildman–Crippen MR) is 75.3 cm³/mol. The fourth-order valence-corrected chi connectivity index (χ4v) is 3.46. The van der Waals surface area contributed by atoms with Gasteiger partial charge < -0.3 is 5.11 Å². The van der Waals surface area contributed by atoms with E-state index in [9.17, 15) is 22.4 Å². The Bertz CT molecular complexity index is 726. The number of amides is 1. The summed E-state index contributed by atoms with van der Waals surface area (Å²) in [6.45, 7) is 2.01. The zero-order chi connectivity index (χ0) is 16.5. The molecule has 1 saturated heterocycles. The van der Waals surface area contributed by atoms with Gasteiger partial charge in [-0.2, -0.15) is 12.7 Å². The molecule has 1 fully saturated rings. The first-order valence-corrected chi connectivity index (χ1v) is 8.02. The highest BCUT2D eigenvalue weighted by Gasteiger charge is 2.28. The lowest BCUT2D eigenvalue weighted by atomic mass is 10.0. The SMILES string of the molecule is Cc1cc(C(=O)NS(=O)(=O)N2CCCC2)c(F)cc1C(=O)O. The molecule has 0 radical (unpaired) electrons. The third kappa shape index (κ3) is 3.25. The molecular weight excluding hydrogens is 315 g/mol. The third-order valence-corrected chi connectivity index (χ3v) is 4.90. The highest BCUT2D eigenvalue weighted by atomic mass is 32.2. The number of rotatable bonds is 4. The van der Waals surface area contributed by atoms with E-state index in [1.807, 2.05) is 0 Å². The monoisotopic (exact) mass is 330 g/mol. The summed E-state index contributed by atoms with van der Waals surface area (Å²) in [5.74, 6) is -3.53. The third-order valence-electron chi connectivity index (χ3n) is 3.42. The number of hydrogen-bond donors (Lipinski definition) is 2. The number of halogens is 1. The van der Waals surface area contributed by atoms with Crippen LogP contribution in [0.4, 0.5) is 4.39 Å². The summed E-state index contributed by atoms with van der Waals surface area (Å²) < 4.78 is 40.7. The van der Waals surface area contributed by atoms with Gasteiger partial charge in [-0.15, -0.1) is 0 Å². The van der Waals surface area contributed by atoms with Crippen LogP contribution in [0, 0.1) is 12.7 Å². The van der Waals surface area contributed by atoms with Crippen LogP contribution in [-0.4, -0.2) is 42.8 Å². The lowest BCUT2D eigenvalue weighted by Crippen LogP contribution is -2.42. The molecule has 22 heavy (non-hydrogen) atoms. The van der Waals surface area contributed by atoms with E-state index in [2.05, 4.69) is 0 Å². The number of aromatic carboxylic acids is 1. The van der Waals surface area contributed by atoms with Crippen LogP contribution in [0.25, 0.3) is 0 Å². The smallest absolute Gasteiger partial charge is 0.336 e. The molecule has 0 bridgehead atoms. The standard InChI is InChI=1S/C13H15FN2O5S/c1-8-6-10(11(14)7-9(8)13(18)19)12(17)15-22(20,21)16-4-2-3-5-16/h6-7H,2-5H2,1H3,(H,15,17)(H,18,19). The molecule has 0 unspecified atom stereocenters. The lowest BCUT2D eigenvalue weighted by Gasteiger charge is -2.16. The van der Waals surface area contributed by atoms with Crippen LogP contribution in [0.2, 0.25) is 0 Å². The van der Waals surface area contributed by atoms with E-state index < -0.39 is 33.5 Å². The van der Waals surface area contributed by atoms with Crippen LogP contribution in [0.1, 0.15) is 39.1 Å². The van der Waals surface area contributed by atoms with E-state index in [0.29, 0.717) is 32.0 Å². The predicted octanol–water partition coefficient (Wildman–Crippen LogP) is 0.903. The Balaban J connectivity index is 2.26. The van der Waals surface area contributed by atoms with Crippen molar-refractivity contribution in [2.75, 3.05) is 13.1 Å². The Morgan fingerprint density at radius 2 is 1.82 bits per heavy atom. The Kier molecular flexibility index (Phi) is 4.47. The normalized spacial score (nSPS) is 15.7. The minimum atomic E-state index is -4.01. The molecule has 0 atom stereocenters. The van der Waals surface area contributed by atoms with Gasteiger partial charge in [-0.05, 0) is 37.5 Å². The van der Waals surface area contributed by atoms with E-state index in [4.69, 9.17) is 5.11 Å². The summed E-state index contributed by atoms with van der Waals surface area (Å²) >= 11 is 0. The van der Waals surface area contributed by atoms with E-state index in [1.54, 1.807) is 4.72 Å². The number of carboxylic acids is 1. The average molecular weight is 330 g/mol. The molecule has 0 aliphatic carbocycles. The molecule has 0 saturated carbocycles. The van der Waals surface area contributed by atoms with Crippen LogP contribution in [-0.2, 0) is 10.2 Å². The van der Waals surface area contributed by atoms with Gasteiger partial charge in [-0.1, -0.05) is 0 Å². The summed E-state index contributed by atoms with van der Waals surface area (Å²) in [5, 5.41) is 8.88. The Morgan fingerprint density at radius 3 is 2.36 bits per heavy atom. The van der Waals surface area contributed by atoms with Gasteiger partial charge >= 0.3 is 16.2 Å². The van der Waals surface area contributed by atoms with Crippen LogP contribution >= 0.6 is 0 Å². The molecule has 0 aromatic heterocycles. The minimum Gasteiger partial charge on any atom is -0.478 e. The quantitative estimate of drug-likeness (QED) is 0.854. The van der Waals surface area contributed by atoms with Crippen LogP contribution in [0.3, 0.4) is 0 Å². The number of hydrogen-bond acceptors (Lipinski definition) is 4. The fraction of sp³-hybridized carbons (Fsp3) is 0.385. The van der Waals surface area contributed by atoms with Crippen molar-refractivity contribution in [2.45, 2.75) is 19.8 Å². The Morgan fingerprint density at radius 1 is 1.23 bits per heavy atom. The number of carboxylic acid groups (broad SMARTS) is 1. The van der Waals surface area contributed by atoms with Crippen LogP contribution in [0.15, 0.2) is 12.1 Å². The van der Waals surface area contributed by atoms with Crippen molar-refractivity contribution in [3.05, 3.63) is 34.6 Å². The van der Waals surface area contributed by atoms with Gasteiger partial charge in [0, 0.05) is 13.1 Å². The molecule has 2 N–H and O–H groups in total. The molecule has 7 nitrogen and oxygen atoms in total. The number of benzene rings is 1. The zero-order valence-corrected chi connectivity index (χ0v) is 12.6.